The molecule has 2 heteroatoms. The van der Waals surface area contributed by atoms with Gasteiger partial charge in [0.05, 0.1) is 0 Å². The molecule has 1 aliphatic carbocycles. The molecule has 0 bridgehead atoms. The lowest BCUT2D eigenvalue weighted by Gasteiger charge is -2.21. The fourth-order valence-corrected chi connectivity index (χ4v) is 4.48. The molecule has 0 aliphatic heterocycles. The Balaban J connectivity index is 2.19. The van der Waals surface area contributed by atoms with E-state index in [9.17, 15) is 0 Å². The molecule has 0 saturated carbocycles. The van der Waals surface area contributed by atoms with Gasteiger partial charge in [0.25, 0.3) is 0 Å². The molecule has 17 heavy (non-hydrogen) atoms. The van der Waals surface area contributed by atoms with Crippen LogP contribution in [0, 0.1) is 0 Å². The molecular formula is C15H19OP. The van der Waals surface area contributed by atoms with E-state index >= 15 is 0 Å². The first-order chi connectivity index (χ1) is 8.42. The minimum Gasteiger partial charge on any atom is -0.396 e. The molecule has 1 N–H and O–H groups in total. The van der Waals surface area contributed by atoms with E-state index in [-0.39, 0.29) is 7.92 Å². The van der Waals surface area contributed by atoms with Gasteiger partial charge in [-0.3, -0.25) is 0 Å². The molecule has 0 spiro atoms. The molecule has 0 saturated heterocycles. The molecule has 0 fully saturated rings. The van der Waals surface area contributed by atoms with E-state index < -0.39 is 0 Å². The van der Waals surface area contributed by atoms with Gasteiger partial charge in [0.2, 0.25) is 0 Å². The number of hydrogen-bond donors (Lipinski definition) is 1. The summed E-state index contributed by atoms with van der Waals surface area (Å²) >= 11 is 0. The van der Waals surface area contributed by atoms with Crippen molar-refractivity contribution in [2.45, 2.75) is 19.3 Å². The van der Waals surface area contributed by atoms with Gasteiger partial charge in [0.15, 0.2) is 0 Å². The summed E-state index contributed by atoms with van der Waals surface area (Å²) in [7, 11) is -0.266. The lowest BCUT2D eigenvalue weighted by Crippen LogP contribution is -2.06. The van der Waals surface area contributed by atoms with Crippen LogP contribution in [-0.2, 0) is 0 Å². The molecule has 1 aromatic rings. The van der Waals surface area contributed by atoms with Crippen LogP contribution in [0.3, 0.4) is 0 Å². The molecule has 1 aliphatic rings. The molecule has 0 radical (unpaired) electrons. The Morgan fingerprint density at radius 1 is 1.12 bits per heavy atom. The number of benzene rings is 1. The Hall–Kier alpha value is -0.910. The van der Waals surface area contributed by atoms with Gasteiger partial charge in [0, 0.05) is 6.61 Å². The lowest BCUT2D eigenvalue weighted by atomic mass is 10.2. The summed E-state index contributed by atoms with van der Waals surface area (Å²) in [5.41, 5.74) is 0. The average molecular weight is 246 g/mol. The Kier molecular flexibility index (Phi) is 4.97. The van der Waals surface area contributed by atoms with E-state index in [4.69, 9.17) is 5.11 Å². The molecule has 0 heterocycles. The third-order valence-corrected chi connectivity index (χ3v) is 5.53. The van der Waals surface area contributed by atoms with Gasteiger partial charge in [-0.1, -0.05) is 48.6 Å². The van der Waals surface area contributed by atoms with E-state index in [0.29, 0.717) is 6.61 Å². The van der Waals surface area contributed by atoms with Crippen molar-refractivity contribution in [3.05, 3.63) is 53.9 Å². The van der Waals surface area contributed by atoms with Crippen molar-refractivity contribution in [3.63, 3.8) is 0 Å². The first-order valence-corrected chi connectivity index (χ1v) is 7.74. The Labute approximate surface area is 105 Å². The quantitative estimate of drug-likeness (QED) is 0.789. The number of allylic oxidation sites excluding steroid dienone is 4. The van der Waals surface area contributed by atoms with Gasteiger partial charge in [0.1, 0.15) is 0 Å². The summed E-state index contributed by atoms with van der Waals surface area (Å²) in [5.74, 6) is 0. The van der Waals surface area contributed by atoms with E-state index in [1.165, 1.54) is 17.0 Å². The number of aliphatic hydroxyl groups is 1. The molecule has 0 aromatic heterocycles. The van der Waals surface area contributed by atoms with E-state index in [1.807, 2.05) is 0 Å². The molecule has 1 atom stereocenters. The highest BCUT2D eigenvalue weighted by atomic mass is 31.1. The summed E-state index contributed by atoms with van der Waals surface area (Å²) in [6.07, 6.45) is 11.2. The normalized spacial score (nSPS) is 16.6. The third kappa shape index (κ3) is 3.52. The van der Waals surface area contributed by atoms with Crippen molar-refractivity contribution in [3.8, 4) is 0 Å². The van der Waals surface area contributed by atoms with Crippen LogP contribution in [0.4, 0.5) is 0 Å². The molecule has 2 rings (SSSR count). The maximum Gasteiger partial charge on any atom is 0.0434 e. The summed E-state index contributed by atoms with van der Waals surface area (Å²) in [4.78, 5) is 0. The summed E-state index contributed by atoms with van der Waals surface area (Å²) in [5, 5.41) is 11.9. The lowest BCUT2D eigenvalue weighted by molar-refractivity contribution is 0.296. The van der Waals surface area contributed by atoms with Crippen molar-refractivity contribution >= 4 is 13.2 Å². The van der Waals surface area contributed by atoms with Gasteiger partial charge in [-0.2, -0.15) is 0 Å². The first-order valence-electron chi connectivity index (χ1n) is 6.22. The van der Waals surface area contributed by atoms with Crippen molar-refractivity contribution in [1.29, 1.82) is 0 Å². The molecule has 1 unspecified atom stereocenters. The predicted octanol–water partition coefficient (Wildman–Crippen LogP) is 3.41. The average Bonchev–Trinajstić information content (AvgIpc) is 2.42. The zero-order chi connectivity index (χ0) is 11.9. The molecule has 1 aromatic carbocycles. The van der Waals surface area contributed by atoms with Gasteiger partial charge < -0.3 is 5.11 Å². The van der Waals surface area contributed by atoms with Gasteiger partial charge in [-0.25, -0.2) is 0 Å². The number of aliphatic hydroxyl groups excluding tert-OH is 1. The summed E-state index contributed by atoms with van der Waals surface area (Å²) in [6.45, 7) is 0.294. The minimum absolute atomic E-state index is 0.266. The monoisotopic (exact) mass is 246 g/mol. The maximum atomic E-state index is 9.03. The predicted molar refractivity (Wildman–Crippen MR) is 76.0 cm³/mol. The van der Waals surface area contributed by atoms with Crippen LogP contribution in [0.5, 0.6) is 0 Å². The van der Waals surface area contributed by atoms with Gasteiger partial charge >= 0.3 is 0 Å². The number of rotatable bonds is 5. The van der Waals surface area contributed by atoms with Crippen LogP contribution in [0.1, 0.15) is 19.3 Å². The topological polar surface area (TPSA) is 20.2 Å². The van der Waals surface area contributed by atoms with Gasteiger partial charge in [-0.15, -0.1) is 0 Å². The smallest absolute Gasteiger partial charge is 0.0434 e. The Morgan fingerprint density at radius 2 is 1.94 bits per heavy atom. The summed E-state index contributed by atoms with van der Waals surface area (Å²) < 4.78 is 0. The van der Waals surface area contributed by atoms with Crippen LogP contribution in [0.15, 0.2) is 53.9 Å². The fraction of sp³-hybridized carbons (Fsp3) is 0.333. The SMILES string of the molecule is OCCCP(C1=CCCC=C1)c1ccccc1. The highest BCUT2D eigenvalue weighted by Gasteiger charge is 2.14. The fourth-order valence-electron chi connectivity index (χ4n) is 2.04. The van der Waals surface area contributed by atoms with E-state index in [2.05, 4.69) is 48.6 Å². The highest BCUT2D eigenvalue weighted by molar-refractivity contribution is 7.69. The minimum atomic E-state index is -0.266. The zero-order valence-electron chi connectivity index (χ0n) is 10.0. The van der Waals surface area contributed by atoms with Crippen molar-refractivity contribution < 1.29 is 5.11 Å². The highest BCUT2D eigenvalue weighted by Crippen LogP contribution is 2.46. The first kappa shape index (κ1) is 12.5. The molecule has 1 nitrogen and oxygen atoms in total. The van der Waals surface area contributed by atoms with Crippen LogP contribution in [-0.4, -0.2) is 17.9 Å². The van der Waals surface area contributed by atoms with E-state index in [1.54, 1.807) is 0 Å². The number of hydrogen-bond acceptors (Lipinski definition) is 1. The van der Waals surface area contributed by atoms with Crippen LogP contribution >= 0.6 is 7.92 Å². The van der Waals surface area contributed by atoms with Crippen molar-refractivity contribution in [2.75, 3.05) is 12.8 Å². The maximum absolute atomic E-state index is 9.03. The van der Waals surface area contributed by atoms with Gasteiger partial charge in [-0.05, 0) is 44.0 Å². The molecule has 0 amide bonds. The van der Waals surface area contributed by atoms with E-state index in [0.717, 1.165) is 19.0 Å². The summed E-state index contributed by atoms with van der Waals surface area (Å²) in [6, 6.07) is 10.7. The molecular weight excluding hydrogens is 227 g/mol. The van der Waals surface area contributed by atoms with Crippen LogP contribution in [0.2, 0.25) is 0 Å². The second-order valence-corrected chi connectivity index (χ2v) is 6.51. The Morgan fingerprint density at radius 3 is 2.59 bits per heavy atom. The molecule has 90 valence electrons. The Bertz CT molecular complexity index is 395. The standard InChI is InChI=1S/C15H19OP/c16-12-7-13-17(14-8-3-1-4-9-14)15-10-5-2-6-11-15/h1,3-5,8-11,16H,2,6-7,12-13H2. The van der Waals surface area contributed by atoms with Crippen LogP contribution < -0.4 is 5.30 Å². The van der Waals surface area contributed by atoms with Crippen molar-refractivity contribution in [2.24, 2.45) is 0 Å². The third-order valence-electron chi connectivity index (χ3n) is 2.89. The largest absolute Gasteiger partial charge is 0.396 e. The van der Waals surface area contributed by atoms with Crippen LogP contribution in [0.25, 0.3) is 0 Å². The second-order valence-electron chi connectivity index (χ2n) is 4.17. The zero-order valence-corrected chi connectivity index (χ0v) is 10.9. The van der Waals surface area contributed by atoms with Crippen molar-refractivity contribution in [1.82, 2.24) is 0 Å². The second kappa shape index (κ2) is 6.74.